The van der Waals surface area contributed by atoms with Gasteiger partial charge in [0.25, 0.3) is 0 Å². The molecule has 1 aliphatic rings. The van der Waals surface area contributed by atoms with Crippen LogP contribution in [0.1, 0.15) is 39.2 Å². The molecule has 0 saturated carbocycles. The Bertz CT molecular complexity index is 786. The first kappa shape index (κ1) is 26.1. The Morgan fingerprint density at radius 3 is 2.50 bits per heavy atom. The smallest absolute Gasteiger partial charge is 0.238 e. The Morgan fingerprint density at radius 2 is 1.91 bits per heavy atom. The SMILES string of the molecule is CC(C)(C)NC(=O)[C@@H]1CSCN1C(NC(=O)[C@@H](N)CC(N)=O)[C@H](O)CCc1ccccc1. The summed E-state index contributed by atoms with van der Waals surface area (Å²) in [6.45, 7) is 5.69. The fourth-order valence-corrected chi connectivity index (χ4v) is 4.71. The lowest BCUT2D eigenvalue weighted by atomic mass is 10.0. The van der Waals surface area contributed by atoms with E-state index in [1.165, 1.54) is 0 Å². The molecule has 1 fully saturated rings. The molecule has 2 rings (SSSR count). The number of thioether (sulfide) groups is 1. The number of hydrogen-bond acceptors (Lipinski definition) is 7. The zero-order valence-corrected chi connectivity index (χ0v) is 19.7. The van der Waals surface area contributed by atoms with Crippen molar-refractivity contribution in [2.75, 3.05) is 11.6 Å². The minimum absolute atomic E-state index is 0.168. The van der Waals surface area contributed by atoms with E-state index in [0.29, 0.717) is 24.5 Å². The first-order valence-electron chi connectivity index (χ1n) is 10.7. The maximum Gasteiger partial charge on any atom is 0.238 e. The molecule has 1 unspecified atom stereocenters. The van der Waals surface area contributed by atoms with E-state index in [1.807, 2.05) is 51.1 Å². The van der Waals surface area contributed by atoms with E-state index in [-0.39, 0.29) is 12.3 Å². The van der Waals surface area contributed by atoms with Gasteiger partial charge >= 0.3 is 0 Å². The van der Waals surface area contributed by atoms with E-state index in [0.717, 1.165) is 5.56 Å². The quantitative estimate of drug-likeness (QED) is 0.324. The summed E-state index contributed by atoms with van der Waals surface area (Å²) >= 11 is 1.55. The van der Waals surface area contributed by atoms with Crippen molar-refractivity contribution in [2.45, 2.75) is 69.9 Å². The van der Waals surface area contributed by atoms with Gasteiger partial charge in [-0.3, -0.25) is 19.3 Å². The Kier molecular flexibility index (Phi) is 9.50. The molecule has 1 heterocycles. The predicted molar refractivity (Wildman–Crippen MR) is 125 cm³/mol. The molecule has 32 heavy (non-hydrogen) atoms. The summed E-state index contributed by atoms with van der Waals surface area (Å²) in [5.41, 5.74) is 11.6. The van der Waals surface area contributed by atoms with Crippen LogP contribution in [0.3, 0.4) is 0 Å². The summed E-state index contributed by atoms with van der Waals surface area (Å²) in [6, 6.07) is 8.05. The Hall–Kier alpha value is -2.14. The second-order valence-corrected chi connectivity index (χ2v) is 10.1. The van der Waals surface area contributed by atoms with E-state index < -0.39 is 41.7 Å². The van der Waals surface area contributed by atoms with E-state index in [2.05, 4.69) is 10.6 Å². The van der Waals surface area contributed by atoms with Crippen LogP contribution in [0.5, 0.6) is 0 Å². The van der Waals surface area contributed by atoms with Crippen LogP contribution in [0.4, 0.5) is 0 Å². The third-order valence-electron chi connectivity index (χ3n) is 5.06. The highest BCUT2D eigenvalue weighted by atomic mass is 32.2. The van der Waals surface area contributed by atoms with Gasteiger partial charge in [-0.25, -0.2) is 0 Å². The van der Waals surface area contributed by atoms with Crippen LogP contribution in [0, 0.1) is 0 Å². The molecule has 7 N–H and O–H groups in total. The highest BCUT2D eigenvalue weighted by molar-refractivity contribution is 7.99. The lowest BCUT2D eigenvalue weighted by molar-refractivity contribution is -0.133. The summed E-state index contributed by atoms with van der Waals surface area (Å²) in [7, 11) is 0. The first-order valence-corrected chi connectivity index (χ1v) is 11.8. The molecule has 0 bridgehead atoms. The highest BCUT2D eigenvalue weighted by Crippen LogP contribution is 2.26. The molecule has 1 saturated heterocycles. The van der Waals surface area contributed by atoms with Crippen LogP contribution in [0.15, 0.2) is 30.3 Å². The number of primary amides is 1. The average Bonchev–Trinajstić information content (AvgIpc) is 3.18. The number of nitrogens with one attached hydrogen (secondary N) is 2. The first-order chi connectivity index (χ1) is 15.0. The van der Waals surface area contributed by atoms with Crippen molar-refractivity contribution in [1.29, 1.82) is 0 Å². The largest absolute Gasteiger partial charge is 0.390 e. The normalized spacial score (nSPS) is 19.7. The van der Waals surface area contributed by atoms with Crippen molar-refractivity contribution < 1.29 is 19.5 Å². The number of nitrogens with zero attached hydrogens (tertiary/aromatic N) is 1. The van der Waals surface area contributed by atoms with Crippen LogP contribution in [-0.4, -0.2) is 69.2 Å². The summed E-state index contributed by atoms with van der Waals surface area (Å²) in [5.74, 6) is -0.459. The monoisotopic (exact) mass is 465 g/mol. The van der Waals surface area contributed by atoms with Gasteiger partial charge in [-0.15, -0.1) is 11.8 Å². The standard InChI is InChI=1S/C22H35N5O4S/c1-22(2,3)26-21(31)16-12-32-13-27(16)19(25-20(30)15(23)11-18(24)29)17(28)10-9-14-7-5-4-6-8-14/h4-8,15-17,19,28H,9-13,23H2,1-3H3,(H2,24,29)(H,25,30)(H,26,31)/t15-,16-,17+,19?/m0/s1. The van der Waals surface area contributed by atoms with Crippen LogP contribution < -0.4 is 22.1 Å². The fourth-order valence-electron chi connectivity index (χ4n) is 3.49. The molecule has 0 aromatic heterocycles. The van der Waals surface area contributed by atoms with Crippen molar-refractivity contribution in [2.24, 2.45) is 11.5 Å². The third kappa shape index (κ3) is 8.09. The van der Waals surface area contributed by atoms with Crippen LogP contribution >= 0.6 is 11.8 Å². The lowest BCUT2D eigenvalue weighted by Crippen LogP contribution is -2.62. The molecule has 1 aliphatic heterocycles. The topological polar surface area (TPSA) is 151 Å². The van der Waals surface area contributed by atoms with E-state index in [9.17, 15) is 19.5 Å². The number of hydrogen-bond donors (Lipinski definition) is 5. The molecule has 178 valence electrons. The van der Waals surface area contributed by atoms with Gasteiger partial charge in [-0.2, -0.15) is 0 Å². The van der Waals surface area contributed by atoms with Gasteiger partial charge in [0.15, 0.2) is 0 Å². The van der Waals surface area contributed by atoms with Gasteiger partial charge in [-0.05, 0) is 39.2 Å². The highest BCUT2D eigenvalue weighted by Gasteiger charge is 2.40. The maximum atomic E-state index is 12.9. The van der Waals surface area contributed by atoms with Crippen molar-refractivity contribution in [3.63, 3.8) is 0 Å². The van der Waals surface area contributed by atoms with Gasteiger partial charge in [0, 0.05) is 17.2 Å². The maximum absolute atomic E-state index is 12.9. The third-order valence-corrected chi connectivity index (χ3v) is 6.09. The lowest BCUT2D eigenvalue weighted by Gasteiger charge is -2.36. The minimum Gasteiger partial charge on any atom is -0.390 e. The van der Waals surface area contributed by atoms with E-state index in [1.54, 1.807) is 16.7 Å². The molecule has 0 aliphatic carbocycles. The minimum atomic E-state index is -1.13. The number of rotatable bonds is 10. The van der Waals surface area contributed by atoms with Gasteiger partial charge in [0.2, 0.25) is 17.7 Å². The molecule has 0 spiro atoms. The van der Waals surface area contributed by atoms with Crippen LogP contribution in [-0.2, 0) is 20.8 Å². The van der Waals surface area contributed by atoms with E-state index >= 15 is 0 Å². The number of carbonyl (C=O) groups is 3. The fraction of sp³-hybridized carbons (Fsp3) is 0.591. The van der Waals surface area contributed by atoms with Crippen molar-refractivity contribution in [1.82, 2.24) is 15.5 Å². The molecule has 3 amide bonds. The average molecular weight is 466 g/mol. The Labute approximate surface area is 193 Å². The number of nitrogens with two attached hydrogens (primary N) is 2. The molecule has 4 atom stereocenters. The summed E-state index contributed by atoms with van der Waals surface area (Å²) in [6.07, 6.45) is -1.13. The molecule has 10 heteroatoms. The number of carbonyl (C=O) groups excluding carboxylic acids is 3. The Balaban J connectivity index is 2.18. The predicted octanol–water partition coefficient (Wildman–Crippen LogP) is -0.0853. The van der Waals surface area contributed by atoms with Crippen LogP contribution in [0.25, 0.3) is 0 Å². The summed E-state index contributed by atoms with van der Waals surface area (Å²) in [4.78, 5) is 38.5. The zero-order chi connectivity index (χ0) is 23.9. The van der Waals surface area contributed by atoms with Gasteiger partial charge < -0.3 is 27.2 Å². The molecular formula is C22H35N5O4S. The van der Waals surface area contributed by atoms with Crippen molar-refractivity contribution >= 4 is 29.5 Å². The molecule has 9 nitrogen and oxygen atoms in total. The number of aliphatic hydroxyl groups is 1. The van der Waals surface area contributed by atoms with Crippen molar-refractivity contribution in [3.05, 3.63) is 35.9 Å². The number of amides is 3. The molecule has 1 aromatic rings. The van der Waals surface area contributed by atoms with Gasteiger partial charge in [0.1, 0.15) is 12.2 Å². The second-order valence-electron chi connectivity index (χ2n) is 9.09. The zero-order valence-electron chi connectivity index (χ0n) is 18.9. The van der Waals surface area contributed by atoms with Gasteiger partial charge in [-0.1, -0.05) is 30.3 Å². The van der Waals surface area contributed by atoms with Crippen LogP contribution in [0.2, 0.25) is 0 Å². The summed E-state index contributed by atoms with van der Waals surface area (Å²) < 4.78 is 0. The van der Waals surface area contributed by atoms with Gasteiger partial charge in [0.05, 0.1) is 18.6 Å². The number of aryl methyl sites for hydroxylation is 1. The Morgan fingerprint density at radius 1 is 1.25 bits per heavy atom. The molecule has 1 aromatic carbocycles. The number of aliphatic hydroxyl groups excluding tert-OH is 1. The van der Waals surface area contributed by atoms with E-state index in [4.69, 9.17) is 11.5 Å². The van der Waals surface area contributed by atoms with Crippen molar-refractivity contribution in [3.8, 4) is 0 Å². The summed E-state index contributed by atoms with van der Waals surface area (Å²) in [5, 5.41) is 16.8. The molecular weight excluding hydrogens is 430 g/mol. The molecule has 0 radical (unpaired) electrons. The number of benzene rings is 1. The second kappa shape index (κ2) is 11.6.